The zero-order valence-corrected chi connectivity index (χ0v) is 26.6. The van der Waals surface area contributed by atoms with Crippen molar-refractivity contribution in [2.75, 3.05) is 23.4 Å². The van der Waals surface area contributed by atoms with Gasteiger partial charge in [-0.1, -0.05) is 66.5 Å². The van der Waals surface area contributed by atoms with Gasteiger partial charge in [-0.3, -0.25) is 13.9 Å². The molecule has 3 aromatic rings. The number of carbonyl (C=O) groups excluding carboxylic acids is 2. The van der Waals surface area contributed by atoms with Crippen LogP contribution in [0.25, 0.3) is 0 Å². The number of sulfonamides is 1. The first-order chi connectivity index (χ1) is 20.5. The van der Waals surface area contributed by atoms with Gasteiger partial charge in [0.25, 0.3) is 0 Å². The maximum absolute atomic E-state index is 14.3. The van der Waals surface area contributed by atoms with Crippen LogP contribution in [0.1, 0.15) is 38.3 Å². The third-order valence-corrected chi connectivity index (χ3v) is 9.58. The van der Waals surface area contributed by atoms with Crippen LogP contribution in [0.15, 0.2) is 66.7 Å². The van der Waals surface area contributed by atoms with Gasteiger partial charge in [-0.25, -0.2) is 8.42 Å². The highest BCUT2D eigenvalue weighted by atomic mass is 35.5. The lowest BCUT2D eigenvalue weighted by Gasteiger charge is -2.34. The molecule has 0 aliphatic carbocycles. The van der Waals surface area contributed by atoms with Crippen molar-refractivity contribution in [1.29, 1.82) is 0 Å². The van der Waals surface area contributed by atoms with E-state index in [4.69, 9.17) is 32.7 Å². The van der Waals surface area contributed by atoms with Gasteiger partial charge in [0.05, 0.1) is 11.4 Å². The molecule has 43 heavy (non-hydrogen) atoms. The van der Waals surface area contributed by atoms with E-state index in [2.05, 4.69) is 5.32 Å². The molecule has 4 rings (SSSR count). The van der Waals surface area contributed by atoms with Crippen LogP contribution in [0, 0.1) is 0 Å². The fraction of sp³-hybridized carbons (Fsp3) is 0.355. The maximum Gasteiger partial charge on any atom is 0.244 e. The number of halogens is 2. The summed E-state index contributed by atoms with van der Waals surface area (Å²) in [6.45, 7) is 4.74. The molecule has 0 saturated heterocycles. The molecular formula is C31H35Cl2N3O6S. The van der Waals surface area contributed by atoms with Gasteiger partial charge < -0.3 is 19.7 Å². The Morgan fingerprint density at radius 1 is 0.977 bits per heavy atom. The number of rotatable bonds is 13. The Labute approximate surface area is 262 Å². The first kappa shape index (κ1) is 32.4. The summed E-state index contributed by atoms with van der Waals surface area (Å²) in [5.41, 5.74) is 1.63. The molecule has 0 spiro atoms. The van der Waals surface area contributed by atoms with E-state index in [0.29, 0.717) is 33.5 Å². The number of hydrogen-bond acceptors (Lipinski definition) is 6. The molecule has 0 bridgehead atoms. The van der Waals surface area contributed by atoms with Crippen LogP contribution in [0.5, 0.6) is 11.5 Å². The van der Waals surface area contributed by atoms with Gasteiger partial charge >= 0.3 is 0 Å². The Balaban J connectivity index is 1.77. The van der Waals surface area contributed by atoms with E-state index in [0.717, 1.165) is 9.87 Å². The van der Waals surface area contributed by atoms with Crippen molar-refractivity contribution in [3.63, 3.8) is 0 Å². The summed E-state index contributed by atoms with van der Waals surface area (Å²) in [6, 6.07) is 17.8. The third kappa shape index (κ3) is 8.13. The summed E-state index contributed by atoms with van der Waals surface area (Å²) in [5.74, 6) is -0.335. The van der Waals surface area contributed by atoms with Crippen molar-refractivity contribution in [2.45, 2.75) is 52.2 Å². The third-order valence-electron chi connectivity index (χ3n) is 7.25. The predicted molar refractivity (Wildman–Crippen MR) is 168 cm³/mol. The minimum absolute atomic E-state index is 0.0142. The van der Waals surface area contributed by atoms with Crippen molar-refractivity contribution in [3.05, 3.63) is 87.9 Å². The van der Waals surface area contributed by atoms with Crippen molar-refractivity contribution in [3.8, 4) is 11.5 Å². The second-order valence-corrected chi connectivity index (χ2v) is 13.3. The highest BCUT2D eigenvalue weighted by molar-refractivity contribution is 7.92. The molecule has 9 nitrogen and oxygen atoms in total. The van der Waals surface area contributed by atoms with Crippen LogP contribution < -0.4 is 19.1 Å². The average Bonchev–Trinajstić information content (AvgIpc) is 3.47. The Kier molecular flexibility index (Phi) is 10.8. The molecule has 1 aliphatic heterocycles. The molecule has 0 radical (unpaired) electrons. The topological polar surface area (TPSA) is 105 Å². The number of hydrogen-bond donors (Lipinski definition) is 1. The van der Waals surface area contributed by atoms with Gasteiger partial charge in [0.2, 0.25) is 28.6 Å². The zero-order valence-electron chi connectivity index (χ0n) is 24.3. The van der Waals surface area contributed by atoms with Crippen molar-refractivity contribution < 1.29 is 27.5 Å². The molecular weight excluding hydrogens is 613 g/mol. The molecule has 0 aromatic heterocycles. The highest BCUT2D eigenvalue weighted by Gasteiger charge is 2.34. The molecule has 2 atom stereocenters. The number of carbonyl (C=O) groups is 2. The SMILES string of the molecule is CC[C@@H](C)NC(=O)[C@@H](Cc1ccccc1)N(Cc1ccc(Cl)cc1Cl)C(=O)CN(c1ccc2c(c1)OCO2)S(=O)(=O)CC. The fourth-order valence-corrected chi connectivity index (χ4v) is 6.11. The second kappa shape index (κ2) is 14.3. The van der Waals surface area contributed by atoms with E-state index < -0.39 is 28.5 Å². The van der Waals surface area contributed by atoms with Crippen molar-refractivity contribution >= 4 is 50.7 Å². The highest BCUT2D eigenvalue weighted by Crippen LogP contribution is 2.36. The normalized spacial score (nSPS) is 13.7. The van der Waals surface area contributed by atoms with Gasteiger partial charge in [-0.2, -0.15) is 0 Å². The average molecular weight is 649 g/mol. The molecule has 1 heterocycles. The number of amides is 2. The second-order valence-electron chi connectivity index (χ2n) is 10.2. The number of ether oxygens (including phenoxy) is 2. The van der Waals surface area contributed by atoms with Crippen LogP contribution >= 0.6 is 23.2 Å². The molecule has 230 valence electrons. The zero-order chi connectivity index (χ0) is 31.1. The smallest absolute Gasteiger partial charge is 0.244 e. The summed E-state index contributed by atoms with van der Waals surface area (Å²) in [4.78, 5) is 29.5. The van der Waals surface area contributed by atoms with Gasteiger partial charge in [-0.15, -0.1) is 0 Å². The Bertz CT molecular complexity index is 1550. The quantitative estimate of drug-likeness (QED) is 0.265. The number of nitrogens with zero attached hydrogens (tertiary/aromatic N) is 2. The summed E-state index contributed by atoms with van der Waals surface area (Å²) in [6.07, 6.45) is 0.887. The van der Waals surface area contributed by atoms with Gasteiger partial charge in [0.15, 0.2) is 11.5 Å². The van der Waals surface area contributed by atoms with Crippen molar-refractivity contribution in [1.82, 2.24) is 10.2 Å². The van der Waals surface area contributed by atoms with Crippen LogP contribution in [-0.4, -0.2) is 56.3 Å². The van der Waals surface area contributed by atoms with E-state index in [-0.39, 0.29) is 43.1 Å². The molecule has 0 saturated carbocycles. The van der Waals surface area contributed by atoms with Gasteiger partial charge in [0, 0.05) is 35.1 Å². The van der Waals surface area contributed by atoms with Crippen molar-refractivity contribution in [2.24, 2.45) is 0 Å². The minimum Gasteiger partial charge on any atom is -0.454 e. The van der Waals surface area contributed by atoms with E-state index in [1.807, 2.05) is 44.2 Å². The lowest BCUT2D eigenvalue weighted by Crippen LogP contribution is -2.54. The molecule has 3 aromatic carbocycles. The van der Waals surface area contributed by atoms with E-state index in [1.165, 1.54) is 17.9 Å². The number of nitrogens with one attached hydrogen (secondary N) is 1. The number of benzene rings is 3. The lowest BCUT2D eigenvalue weighted by atomic mass is 10.0. The first-order valence-corrected chi connectivity index (χ1v) is 16.4. The largest absolute Gasteiger partial charge is 0.454 e. The summed E-state index contributed by atoms with van der Waals surface area (Å²) in [7, 11) is -3.93. The van der Waals surface area contributed by atoms with E-state index in [1.54, 1.807) is 30.3 Å². The summed E-state index contributed by atoms with van der Waals surface area (Å²) in [5, 5.41) is 3.74. The molecule has 2 amide bonds. The van der Waals surface area contributed by atoms with Gasteiger partial charge in [0.1, 0.15) is 12.6 Å². The van der Waals surface area contributed by atoms with Crippen LogP contribution in [0.2, 0.25) is 10.0 Å². The Morgan fingerprint density at radius 3 is 2.37 bits per heavy atom. The monoisotopic (exact) mass is 647 g/mol. The van der Waals surface area contributed by atoms with Gasteiger partial charge in [-0.05, 0) is 55.7 Å². The first-order valence-electron chi connectivity index (χ1n) is 14.0. The molecule has 0 unspecified atom stereocenters. The lowest BCUT2D eigenvalue weighted by molar-refractivity contribution is -0.140. The summed E-state index contributed by atoms with van der Waals surface area (Å²) < 4.78 is 38.6. The Hall–Kier alpha value is -3.47. The predicted octanol–water partition coefficient (Wildman–Crippen LogP) is 5.43. The standard InChI is InChI=1S/C31H35Cl2N3O6S/c1-4-21(3)34-31(38)27(15-22-9-7-6-8-10-22)35(18-23-11-12-24(32)16-26(23)33)30(37)19-36(43(39,40)5-2)25-13-14-28-29(17-25)42-20-41-28/h6-14,16-17,21,27H,4-5,15,18-20H2,1-3H3,(H,34,38)/t21-,27-/m1/s1. The van der Waals surface area contributed by atoms with Crippen LogP contribution in [-0.2, 0) is 32.6 Å². The maximum atomic E-state index is 14.3. The van der Waals surface area contributed by atoms with Crippen LogP contribution in [0.3, 0.4) is 0 Å². The Morgan fingerprint density at radius 2 is 1.70 bits per heavy atom. The molecule has 12 heteroatoms. The number of anilines is 1. The minimum atomic E-state index is -3.93. The molecule has 0 fully saturated rings. The fourth-order valence-electron chi connectivity index (χ4n) is 4.59. The summed E-state index contributed by atoms with van der Waals surface area (Å²) >= 11 is 12.7. The molecule has 1 aliphatic rings. The van der Waals surface area contributed by atoms with E-state index >= 15 is 0 Å². The molecule has 1 N–H and O–H groups in total. The van der Waals surface area contributed by atoms with E-state index in [9.17, 15) is 18.0 Å². The number of fused-ring (bicyclic) bond motifs is 1. The van der Waals surface area contributed by atoms with Crippen LogP contribution in [0.4, 0.5) is 5.69 Å².